The van der Waals surface area contributed by atoms with Crippen molar-refractivity contribution < 1.29 is 4.79 Å². The zero-order valence-electron chi connectivity index (χ0n) is 14.0. The smallest absolute Gasteiger partial charge is 0.155 e. The minimum Gasteiger partial charge on any atom is -0.295 e. The van der Waals surface area contributed by atoms with Gasteiger partial charge >= 0.3 is 0 Å². The lowest BCUT2D eigenvalue weighted by molar-refractivity contribution is -0.115. The summed E-state index contributed by atoms with van der Waals surface area (Å²) in [5.74, 6) is 2.49. The van der Waals surface area contributed by atoms with Crippen molar-refractivity contribution in [1.82, 2.24) is 0 Å². The Bertz CT molecular complexity index is 371. The maximum absolute atomic E-state index is 10.9. The fourth-order valence-corrected chi connectivity index (χ4v) is 2.91. The van der Waals surface area contributed by atoms with Crippen LogP contribution in [-0.2, 0) is 4.79 Å². The molecule has 0 saturated carbocycles. The fourth-order valence-electron chi connectivity index (χ4n) is 2.91. The van der Waals surface area contributed by atoms with Crippen LogP contribution in [0.2, 0.25) is 0 Å². The highest BCUT2D eigenvalue weighted by Gasteiger charge is 2.12. The molecule has 0 heterocycles. The summed E-state index contributed by atoms with van der Waals surface area (Å²) in [6, 6.07) is 0. The van der Waals surface area contributed by atoms with Crippen LogP contribution in [0, 0.1) is 17.8 Å². The molecule has 114 valence electrons. The van der Waals surface area contributed by atoms with Crippen molar-refractivity contribution in [2.24, 2.45) is 17.8 Å². The largest absolute Gasteiger partial charge is 0.295 e. The minimum atomic E-state index is 0.315. The van der Waals surface area contributed by atoms with Crippen molar-refractivity contribution in [2.45, 2.75) is 73.1 Å². The van der Waals surface area contributed by atoms with E-state index >= 15 is 0 Å². The van der Waals surface area contributed by atoms with E-state index in [4.69, 9.17) is 0 Å². The van der Waals surface area contributed by atoms with E-state index in [2.05, 4.69) is 40.7 Å². The van der Waals surface area contributed by atoms with Gasteiger partial charge in [0.25, 0.3) is 0 Å². The lowest BCUT2D eigenvalue weighted by Crippen LogP contribution is -2.06. The van der Waals surface area contributed by atoms with Crippen molar-refractivity contribution in [3.05, 3.63) is 23.3 Å². The van der Waals surface area contributed by atoms with E-state index in [0.717, 1.165) is 31.1 Å². The molecule has 0 aromatic carbocycles. The number of hydrogen-bond donors (Lipinski definition) is 0. The second-order valence-electron chi connectivity index (χ2n) is 6.96. The van der Waals surface area contributed by atoms with Crippen LogP contribution in [0.1, 0.15) is 73.1 Å². The summed E-state index contributed by atoms with van der Waals surface area (Å²) < 4.78 is 0. The third-order valence-electron chi connectivity index (χ3n) is 4.34. The molecule has 0 bridgehead atoms. The van der Waals surface area contributed by atoms with Crippen molar-refractivity contribution in [3.8, 4) is 0 Å². The van der Waals surface area contributed by atoms with Gasteiger partial charge in [-0.25, -0.2) is 0 Å². The highest BCUT2D eigenvalue weighted by Crippen LogP contribution is 2.26. The molecular formula is C19H32O. The molecule has 0 aliphatic heterocycles. The standard InChI is InChI=1S/C10H18.C9H14O/c1-8(2)10-6-4-5-9(3)7-10;1-7(2)8-4-3-5-9(10)6-8/h7-9H,4-6H2,1-3H3;6-7H,3-5H2,1-2H3. The van der Waals surface area contributed by atoms with E-state index in [1.54, 1.807) is 5.57 Å². The van der Waals surface area contributed by atoms with E-state index in [0.29, 0.717) is 11.7 Å². The predicted octanol–water partition coefficient (Wildman–Crippen LogP) is 5.71. The molecule has 20 heavy (non-hydrogen) atoms. The van der Waals surface area contributed by atoms with Crippen LogP contribution in [0.5, 0.6) is 0 Å². The summed E-state index contributed by atoms with van der Waals surface area (Å²) >= 11 is 0. The van der Waals surface area contributed by atoms with Gasteiger partial charge in [0.15, 0.2) is 5.78 Å². The van der Waals surface area contributed by atoms with Crippen LogP contribution in [0.15, 0.2) is 23.3 Å². The quantitative estimate of drug-likeness (QED) is 0.590. The van der Waals surface area contributed by atoms with Crippen LogP contribution >= 0.6 is 0 Å². The van der Waals surface area contributed by atoms with Gasteiger partial charge in [0.2, 0.25) is 0 Å². The van der Waals surface area contributed by atoms with E-state index in [9.17, 15) is 4.79 Å². The molecule has 0 radical (unpaired) electrons. The molecule has 2 aliphatic carbocycles. The lowest BCUT2D eigenvalue weighted by atomic mass is 9.86. The average molecular weight is 276 g/mol. The number of ketones is 1. The molecule has 1 nitrogen and oxygen atoms in total. The third-order valence-corrected chi connectivity index (χ3v) is 4.34. The van der Waals surface area contributed by atoms with Gasteiger partial charge in [0.05, 0.1) is 0 Å². The van der Waals surface area contributed by atoms with Gasteiger partial charge in [-0.15, -0.1) is 0 Å². The highest BCUT2D eigenvalue weighted by molar-refractivity contribution is 5.91. The molecule has 0 aromatic heterocycles. The molecular weight excluding hydrogens is 244 g/mol. The fraction of sp³-hybridized carbons (Fsp3) is 0.737. The molecule has 1 heteroatoms. The first kappa shape index (κ1) is 17.2. The molecule has 0 aromatic rings. The number of rotatable bonds is 2. The van der Waals surface area contributed by atoms with Gasteiger partial charge in [0.1, 0.15) is 0 Å². The van der Waals surface area contributed by atoms with E-state index < -0.39 is 0 Å². The molecule has 0 amide bonds. The van der Waals surface area contributed by atoms with Gasteiger partial charge in [-0.05, 0) is 55.9 Å². The van der Waals surface area contributed by atoms with Crippen LogP contribution in [-0.4, -0.2) is 5.78 Å². The molecule has 0 fully saturated rings. The van der Waals surface area contributed by atoms with Crippen LogP contribution in [0.4, 0.5) is 0 Å². The van der Waals surface area contributed by atoms with Crippen LogP contribution in [0.3, 0.4) is 0 Å². The number of carbonyl (C=O) groups excluding carboxylic acids is 1. The van der Waals surface area contributed by atoms with Crippen molar-refractivity contribution in [2.75, 3.05) is 0 Å². The summed E-state index contributed by atoms with van der Waals surface area (Å²) in [7, 11) is 0. The lowest BCUT2D eigenvalue weighted by Gasteiger charge is -2.20. The zero-order valence-corrected chi connectivity index (χ0v) is 14.0. The van der Waals surface area contributed by atoms with Crippen LogP contribution < -0.4 is 0 Å². The summed E-state index contributed by atoms with van der Waals surface area (Å²) in [5, 5.41) is 0. The van der Waals surface area contributed by atoms with E-state index in [1.165, 1.54) is 24.8 Å². The van der Waals surface area contributed by atoms with Crippen molar-refractivity contribution >= 4 is 5.78 Å². The highest BCUT2D eigenvalue weighted by atomic mass is 16.1. The molecule has 2 rings (SSSR count). The first-order chi connectivity index (χ1) is 9.40. The number of carbonyl (C=O) groups is 1. The summed E-state index contributed by atoms with van der Waals surface area (Å²) in [6.45, 7) is 11.2. The summed E-state index contributed by atoms with van der Waals surface area (Å²) in [6.07, 6.45) is 11.4. The Kier molecular flexibility index (Phi) is 7.26. The topological polar surface area (TPSA) is 17.1 Å². The summed E-state index contributed by atoms with van der Waals surface area (Å²) in [5.41, 5.74) is 3.01. The molecule has 2 aliphatic rings. The molecule has 0 N–H and O–H groups in total. The molecule has 0 saturated heterocycles. The number of allylic oxidation sites excluding steroid dienone is 4. The zero-order chi connectivity index (χ0) is 15.1. The first-order valence-electron chi connectivity index (χ1n) is 8.34. The van der Waals surface area contributed by atoms with E-state index in [1.807, 2.05) is 6.08 Å². The average Bonchev–Trinajstić information content (AvgIpc) is 2.39. The maximum atomic E-state index is 10.9. The first-order valence-corrected chi connectivity index (χ1v) is 8.34. The summed E-state index contributed by atoms with van der Waals surface area (Å²) in [4.78, 5) is 10.9. The Morgan fingerprint density at radius 1 is 0.950 bits per heavy atom. The van der Waals surface area contributed by atoms with E-state index in [-0.39, 0.29) is 0 Å². The maximum Gasteiger partial charge on any atom is 0.155 e. The minimum absolute atomic E-state index is 0.315. The number of hydrogen-bond acceptors (Lipinski definition) is 1. The monoisotopic (exact) mass is 276 g/mol. The molecule has 1 unspecified atom stereocenters. The van der Waals surface area contributed by atoms with Crippen molar-refractivity contribution in [1.29, 1.82) is 0 Å². The third kappa shape index (κ3) is 6.07. The second kappa shape index (κ2) is 8.44. The van der Waals surface area contributed by atoms with Crippen LogP contribution in [0.25, 0.3) is 0 Å². The van der Waals surface area contributed by atoms with Crippen molar-refractivity contribution in [3.63, 3.8) is 0 Å². The van der Waals surface area contributed by atoms with Gasteiger partial charge in [0, 0.05) is 6.42 Å². The SMILES string of the molecule is CC(C)C1=CC(=O)CCC1.CC1C=C(C(C)C)CCC1. The Hall–Kier alpha value is -0.850. The Morgan fingerprint density at radius 2 is 1.55 bits per heavy atom. The second-order valence-corrected chi connectivity index (χ2v) is 6.96. The van der Waals surface area contributed by atoms with Gasteiger partial charge in [-0.3, -0.25) is 4.79 Å². The molecule has 0 spiro atoms. The van der Waals surface area contributed by atoms with Gasteiger partial charge < -0.3 is 0 Å². The van der Waals surface area contributed by atoms with Gasteiger partial charge in [-0.2, -0.15) is 0 Å². The molecule has 1 atom stereocenters. The normalized spacial score (nSPS) is 23.1. The predicted molar refractivity (Wildman–Crippen MR) is 87.7 cm³/mol. The van der Waals surface area contributed by atoms with Gasteiger partial charge in [-0.1, -0.05) is 51.8 Å². The Morgan fingerprint density at radius 3 is 1.95 bits per heavy atom. The Balaban J connectivity index is 0.000000200. The Labute approximate surface area is 125 Å².